The Labute approximate surface area is 65.4 Å². The van der Waals surface area contributed by atoms with Crippen LogP contribution in [0.1, 0.15) is 5.56 Å². The highest BCUT2D eigenvalue weighted by molar-refractivity contribution is 5.55. The summed E-state index contributed by atoms with van der Waals surface area (Å²) in [4.78, 5) is 9.92. The number of para-hydroxylation sites is 1. The van der Waals surface area contributed by atoms with Gasteiger partial charge in [-0.1, -0.05) is 18.2 Å². The zero-order valence-electron chi connectivity index (χ0n) is 6.29. The average molecular weight is 150 g/mol. The van der Waals surface area contributed by atoms with E-state index in [1.807, 2.05) is 31.2 Å². The SMILES string of the molecule is Cc1ccccc1NNC=O. The monoisotopic (exact) mass is 150 g/mol. The topological polar surface area (TPSA) is 41.1 Å². The fourth-order valence-electron chi connectivity index (χ4n) is 0.820. The molecule has 3 heteroatoms. The zero-order valence-corrected chi connectivity index (χ0v) is 6.29. The van der Waals surface area contributed by atoms with Crippen molar-refractivity contribution in [2.24, 2.45) is 0 Å². The van der Waals surface area contributed by atoms with Gasteiger partial charge in [0, 0.05) is 0 Å². The Balaban J connectivity index is 2.69. The molecule has 0 heterocycles. The van der Waals surface area contributed by atoms with Gasteiger partial charge in [-0.05, 0) is 18.6 Å². The van der Waals surface area contributed by atoms with E-state index in [0.717, 1.165) is 11.3 Å². The largest absolute Gasteiger partial charge is 0.299 e. The van der Waals surface area contributed by atoms with E-state index >= 15 is 0 Å². The van der Waals surface area contributed by atoms with Gasteiger partial charge in [0.05, 0.1) is 5.69 Å². The van der Waals surface area contributed by atoms with Gasteiger partial charge < -0.3 is 0 Å². The highest BCUT2D eigenvalue weighted by Gasteiger charge is 1.91. The maximum Gasteiger partial charge on any atom is 0.225 e. The van der Waals surface area contributed by atoms with Gasteiger partial charge >= 0.3 is 0 Å². The Kier molecular flexibility index (Phi) is 2.49. The minimum atomic E-state index is 0.604. The molecule has 0 aliphatic rings. The summed E-state index contributed by atoms with van der Waals surface area (Å²) in [5.41, 5.74) is 7.13. The highest BCUT2D eigenvalue weighted by Crippen LogP contribution is 2.10. The minimum Gasteiger partial charge on any atom is -0.299 e. The average Bonchev–Trinajstić information content (AvgIpc) is 2.03. The van der Waals surface area contributed by atoms with E-state index in [0.29, 0.717) is 6.41 Å². The molecule has 1 rings (SSSR count). The van der Waals surface area contributed by atoms with Crippen LogP contribution >= 0.6 is 0 Å². The summed E-state index contributed by atoms with van der Waals surface area (Å²) in [5, 5.41) is 0. The summed E-state index contributed by atoms with van der Waals surface area (Å²) in [7, 11) is 0. The van der Waals surface area contributed by atoms with Gasteiger partial charge in [-0.3, -0.25) is 15.6 Å². The van der Waals surface area contributed by atoms with Crippen molar-refractivity contribution in [2.75, 3.05) is 5.43 Å². The van der Waals surface area contributed by atoms with Crippen LogP contribution in [0.2, 0.25) is 0 Å². The molecule has 0 atom stereocenters. The fraction of sp³-hybridized carbons (Fsp3) is 0.125. The molecule has 0 radical (unpaired) electrons. The summed E-state index contributed by atoms with van der Waals surface area (Å²) < 4.78 is 0. The van der Waals surface area contributed by atoms with E-state index in [4.69, 9.17) is 0 Å². The number of nitrogens with one attached hydrogen (secondary N) is 2. The number of hydrazine groups is 1. The number of aryl methyl sites for hydroxylation is 1. The summed E-state index contributed by atoms with van der Waals surface area (Å²) in [6.45, 7) is 1.97. The van der Waals surface area contributed by atoms with Crippen molar-refractivity contribution in [1.82, 2.24) is 5.43 Å². The molecule has 0 aromatic heterocycles. The predicted octanol–water partition coefficient (Wildman–Crippen LogP) is 1.07. The molecule has 11 heavy (non-hydrogen) atoms. The second-order valence-electron chi connectivity index (χ2n) is 2.20. The van der Waals surface area contributed by atoms with Crippen LogP contribution in [-0.4, -0.2) is 6.41 Å². The van der Waals surface area contributed by atoms with Gasteiger partial charge in [0.15, 0.2) is 0 Å². The minimum absolute atomic E-state index is 0.604. The Hall–Kier alpha value is -1.51. The molecule has 0 aliphatic heterocycles. The maximum absolute atomic E-state index is 9.92. The summed E-state index contributed by atoms with van der Waals surface area (Å²) in [6.07, 6.45) is 0.604. The van der Waals surface area contributed by atoms with Crippen molar-refractivity contribution < 1.29 is 4.79 Å². The van der Waals surface area contributed by atoms with Crippen molar-refractivity contribution in [3.63, 3.8) is 0 Å². The van der Waals surface area contributed by atoms with Gasteiger partial charge in [-0.25, -0.2) is 0 Å². The fourth-order valence-corrected chi connectivity index (χ4v) is 0.820. The van der Waals surface area contributed by atoms with Crippen LogP contribution in [0.5, 0.6) is 0 Å². The van der Waals surface area contributed by atoms with Crippen LogP contribution in [0.25, 0.3) is 0 Å². The molecule has 1 aromatic carbocycles. The third-order valence-electron chi connectivity index (χ3n) is 1.41. The molecule has 0 unspecified atom stereocenters. The van der Waals surface area contributed by atoms with Gasteiger partial charge in [0.2, 0.25) is 6.41 Å². The molecular formula is C8H10N2O. The number of hydrogen-bond acceptors (Lipinski definition) is 2. The molecule has 0 bridgehead atoms. The van der Waals surface area contributed by atoms with Crippen LogP contribution < -0.4 is 10.9 Å². The molecule has 1 amide bonds. The van der Waals surface area contributed by atoms with Crippen LogP contribution in [0.15, 0.2) is 24.3 Å². The second-order valence-corrected chi connectivity index (χ2v) is 2.20. The number of benzene rings is 1. The van der Waals surface area contributed by atoms with Crippen LogP contribution in [0.4, 0.5) is 5.69 Å². The quantitative estimate of drug-likeness (QED) is 0.500. The summed E-state index contributed by atoms with van der Waals surface area (Å²) in [5.74, 6) is 0. The third kappa shape index (κ3) is 1.97. The Morgan fingerprint density at radius 2 is 2.09 bits per heavy atom. The number of anilines is 1. The Bertz CT molecular complexity index is 248. The molecule has 0 saturated carbocycles. The normalized spacial score (nSPS) is 8.82. The predicted molar refractivity (Wildman–Crippen MR) is 44.0 cm³/mol. The maximum atomic E-state index is 9.92. The highest BCUT2D eigenvalue weighted by atomic mass is 16.1. The van der Waals surface area contributed by atoms with Gasteiger partial charge in [0.1, 0.15) is 0 Å². The number of carbonyl (C=O) groups excluding carboxylic acids is 1. The van der Waals surface area contributed by atoms with Gasteiger partial charge in [-0.2, -0.15) is 0 Å². The molecule has 3 nitrogen and oxygen atoms in total. The molecule has 1 aromatic rings. The Morgan fingerprint density at radius 3 is 2.73 bits per heavy atom. The lowest BCUT2D eigenvalue weighted by atomic mass is 10.2. The molecule has 0 fully saturated rings. The van der Waals surface area contributed by atoms with Crippen LogP contribution in [-0.2, 0) is 4.79 Å². The number of amides is 1. The molecule has 58 valence electrons. The van der Waals surface area contributed by atoms with Crippen molar-refractivity contribution in [2.45, 2.75) is 6.92 Å². The summed E-state index contributed by atoms with van der Waals surface area (Å²) >= 11 is 0. The second kappa shape index (κ2) is 3.61. The van der Waals surface area contributed by atoms with Crippen molar-refractivity contribution >= 4 is 12.1 Å². The van der Waals surface area contributed by atoms with Crippen molar-refractivity contribution in [3.05, 3.63) is 29.8 Å². The first-order valence-electron chi connectivity index (χ1n) is 3.35. The van der Waals surface area contributed by atoms with Crippen LogP contribution in [0.3, 0.4) is 0 Å². The van der Waals surface area contributed by atoms with Crippen molar-refractivity contribution in [3.8, 4) is 0 Å². The lowest BCUT2D eigenvalue weighted by Gasteiger charge is -2.05. The number of carbonyl (C=O) groups is 1. The first-order valence-corrected chi connectivity index (χ1v) is 3.35. The lowest BCUT2D eigenvalue weighted by molar-refractivity contribution is -0.109. The third-order valence-corrected chi connectivity index (χ3v) is 1.41. The van der Waals surface area contributed by atoms with Gasteiger partial charge in [0.25, 0.3) is 0 Å². The van der Waals surface area contributed by atoms with Crippen LogP contribution in [0, 0.1) is 6.92 Å². The molecule has 0 saturated heterocycles. The van der Waals surface area contributed by atoms with E-state index in [9.17, 15) is 4.79 Å². The molecule has 2 N–H and O–H groups in total. The molecule has 0 spiro atoms. The van der Waals surface area contributed by atoms with E-state index in [1.54, 1.807) is 0 Å². The van der Waals surface area contributed by atoms with E-state index < -0.39 is 0 Å². The van der Waals surface area contributed by atoms with E-state index in [1.165, 1.54) is 0 Å². The zero-order chi connectivity index (χ0) is 8.10. The van der Waals surface area contributed by atoms with Gasteiger partial charge in [-0.15, -0.1) is 0 Å². The number of rotatable bonds is 3. The number of hydrogen-bond donors (Lipinski definition) is 2. The Morgan fingerprint density at radius 1 is 1.36 bits per heavy atom. The molecule has 0 aliphatic carbocycles. The standard InChI is InChI=1S/C8H10N2O/c1-7-4-2-3-5-8(7)10-9-6-11/h2-6,10H,1H3,(H,9,11). The van der Waals surface area contributed by atoms with Crippen molar-refractivity contribution in [1.29, 1.82) is 0 Å². The molecular weight excluding hydrogens is 140 g/mol. The van der Waals surface area contributed by atoms with E-state index in [-0.39, 0.29) is 0 Å². The van der Waals surface area contributed by atoms with E-state index in [2.05, 4.69) is 10.9 Å². The first kappa shape index (κ1) is 7.60. The first-order chi connectivity index (χ1) is 5.34. The lowest BCUT2D eigenvalue weighted by Crippen LogP contribution is -2.19. The summed E-state index contributed by atoms with van der Waals surface area (Å²) in [6, 6.07) is 7.71. The smallest absolute Gasteiger partial charge is 0.225 e.